The number of nitrogens with one attached hydrogen (secondary N) is 1. The van der Waals surface area contributed by atoms with Crippen molar-refractivity contribution in [3.05, 3.63) is 30.1 Å². The fourth-order valence-corrected chi connectivity index (χ4v) is 2.67. The summed E-state index contributed by atoms with van der Waals surface area (Å²) in [6, 6.07) is 5.96. The van der Waals surface area contributed by atoms with Crippen LogP contribution in [0.4, 0.5) is 4.39 Å². The molecule has 5 nitrogen and oxygen atoms in total. The Hall–Kier alpha value is -1.66. The van der Waals surface area contributed by atoms with Crippen LogP contribution in [0.25, 0.3) is 0 Å². The molecule has 1 aliphatic carbocycles. The van der Waals surface area contributed by atoms with E-state index in [9.17, 15) is 9.18 Å². The molecule has 1 aromatic rings. The summed E-state index contributed by atoms with van der Waals surface area (Å²) in [5, 5.41) is 11.7. The second-order valence-corrected chi connectivity index (χ2v) is 5.46. The van der Waals surface area contributed by atoms with Crippen molar-refractivity contribution in [2.45, 2.75) is 31.3 Å². The molecule has 0 heterocycles. The Morgan fingerprint density at radius 2 is 2.05 bits per heavy atom. The molecule has 122 valence electrons. The summed E-state index contributed by atoms with van der Waals surface area (Å²) in [6.07, 6.45) is 3.82. The molecule has 0 aromatic heterocycles. The van der Waals surface area contributed by atoms with Gasteiger partial charge >= 0.3 is 0 Å². The number of benzene rings is 1. The van der Waals surface area contributed by atoms with Crippen molar-refractivity contribution >= 4 is 5.91 Å². The van der Waals surface area contributed by atoms with E-state index in [-0.39, 0.29) is 31.5 Å². The van der Waals surface area contributed by atoms with Crippen LogP contribution in [0.1, 0.15) is 25.7 Å². The van der Waals surface area contributed by atoms with E-state index in [2.05, 4.69) is 5.32 Å². The van der Waals surface area contributed by atoms with E-state index in [1.807, 2.05) is 0 Å². The van der Waals surface area contributed by atoms with Crippen LogP contribution in [0, 0.1) is 5.82 Å². The number of amides is 1. The second kappa shape index (κ2) is 8.10. The van der Waals surface area contributed by atoms with Gasteiger partial charge in [0, 0.05) is 6.54 Å². The Morgan fingerprint density at radius 3 is 2.73 bits per heavy atom. The van der Waals surface area contributed by atoms with Gasteiger partial charge in [0.15, 0.2) is 18.2 Å². The van der Waals surface area contributed by atoms with Crippen molar-refractivity contribution in [2.24, 2.45) is 0 Å². The Labute approximate surface area is 129 Å². The molecule has 1 aromatic carbocycles. The highest BCUT2D eigenvalue weighted by atomic mass is 19.1. The molecule has 2 rings (SSSR count). The molecule has 0 atom stereocenters. The third-order valence-corrected chi connectivity index (χ3v) is 3.82. The molecule has 1 fully saturated rings. The lowest BCUT2D eigenvalue weighted by Gasteiger charge is -2.29. The Bertz CT molecular complexity index is 489. The zero-order chi connectivity index (χ0) is 15.8. The second-order valence-electron chi connectivity index (χ2n) is 5.46. The number of para-hydroxylation sites is 1. The highest BCUT2D eigenvalue weighted by Crippen LogP contribution is 2.32. The summed E-state index contributed by atoms with van der Waals surface area (Å²) in [6.45, 7) is 0.372. The molecule has 0 aliphatic heterocycles. The monoisotopic (exact) mass is 311 g/mol. The number of carbonyl (C=O) groups excluding carboxylic acids is 1. The average Bonchev–Trinajstić information content (AvgIpc) is 2.99. The quantitative estimate of drug-likeness (QED) is 0.766. The maximum absolute atomic E-state index is 13.4. The Kier molecular flexibility index (Phi) is 6.15. The van der Waals surface area contributed by atoms with E-state index in [0.717, 1.165) is 25.7 Å². The molecule has 1 aliphatic rings. The topological polar surface area (TPSA) is 67.8 Å². The molecule has 0 radical (unpaired) electrons. The van der Waals surface area contributed by atoms with Gasteiger partial charge in [-0.15, -0.1) is 0 Å². The number of halogens is 1. The standard InChI is InChI=1S/C16H22FNO4/c17-13-5-1-2-6-14(13)21-11-15(20)18-12-16(22-10-9-19)7-3-4-8-16/h1-2,5-6,19H,3-4,7-12H2,(H,18,20). The first-order valence-corrected chi connectivity index (χ1v) is 7.54. The van der Waals surface area contributed by atoms with Crippen molar-refractivity contribution < 1.29 is 23.8 Å². The van der Waals surface area contributed by atoms with Gasteiger partial charge in [0.05, 0.1) is 18.8 Å². The lowest BCUT2D eigenvalue weighted by molar-refractivity contribution is -0.125. The van der Waals surface area contributed by atoms with Crippen LogP contribution in [0.15, 0.2) is 24.3 Å². The van der Waals surface area contributed by atoms with Crippen LogP contribution < -0.4 is 10.1 Å². The lowest BCUT2D eigenvalue weighted by atomic mass is 10.0. The van der Waals surface area contributed by atoms with Crippen molar-refractivity contribution in [3.8, 4) is 5.75 Å². The lowest BCUT2D eigenvalue weighted by Crippen LogP contribution is -2.44. The third kappa shape index (κ3) is 4.68. The molecule has 0 spiro atoms. The van der Waals surface area contributed by atoms with E-state index in [1.165, 1.54) is 12.1 Å². The number of rotatable bonds is 8. The smallest absolute Gasteiger partial charge is 0.258 e. The van der Waals surface area contributed by atoms with Gasteiger partial charge in [-0.2, -0.15) is 0 Å². The normalized spacial score (nSPS) is 16.5. The van der Waals surface area contributed by atoms with Gasteiger partial charge < -0.3 is 19.9 Å². The molecular weight excluding hydrogens is 289 g/mol. The number of aliphatic hydroxyl groups is 1. The number of hydrogen-bond donors (Lipinski definition) is 2. The largest absolute Gasteiger partial charge is 0.481 e. The zero-order valence-electron chi connectivity index (χ0n) is 12.5. The molecule has 1 amide bonds. The fraction of sp³-hybridized carbons (Fsp3) is 0.562. The highest BCUT2D eigenvalue weighted by Gasteiger charge is 2.35. The van der Waals surface area contributed by atoms with Crippen LogP contribution in [-0.4, -0.2) is 43.0 Å². The van der Waals surface area contributed by atoms with Gasteiger partial charge in [-0.3, -0.25) is 4.79 Å². The number of hydrogen-bond acceptors (Lipinski definition) is 4. The van der Waals surface area contributed by atoms with Crippen molar-refractivity contribution in [3.63, 3.8) is 0 Å². The van der Waals surface area contributed by atoms with E-state index in [1.54, 1.807) is 12.1 Å². The molecule has 1 saturated carbocycles. The summed E-state index contributed by atoms with van der Waals surface area (Å²) in [4.78, 5) is 11.8. The first-order valence-electron chi connectivity index (χ1n) is 7.54. The van der Waals surface area contributed by atoms with Gasteiger partial charge in [0.1, 0.15) is 0 Å². The average molecular weight is 311 g/mol. The maximum Gasteiger partial charge on any atom is 0.258 e. The minimum absolute atomic E-state index is 0.0356. The van der Waals surface area contributed by atoms with Crippen molar-refractivity contribution in [1.29, 1.82) is 0 Å². The highest BCUT2D eigenvalue weighted by molar-refractivity contribution is 5.77. The minimum Gasteiger partial charge on any atom is -0.481 e. The summed E-state index contributed by atoms with van der Waals surface area (Å²) in [5.74, 6) is -0.749. The van der Waals surface area contributed by atoms with Crippen LogP contribution in [0.3, 0.4) is 0 Å². The first kappa shape index (κ1) is 16.7. The predicted octanol–water partition coefficient (Wildman–Crippen LogP) is 1.64. The predicted molar refractivity (Wildman–Crippen MR) is 79.1 cm³/mol. The van der Waals surface area contributed by atoms with Crippen LogP contribution in [0.5, 0.6) is 5.75 Å². The minimum atomic E-state index is -0.492. The Balaban J connectivity index is 1.78. The summed E-state index contributed by atoms with van der Waals surface area (Å²) < 4.78 is 24.2. The molecule has 22 heavy (non-hydrogen) atoms. The number of aliphatic hydroxyl groups excluding tert-OH is 1. The molecule has 0 unspecified atom stereocenters. The molecule has 0 bridgehead atoms. The summed E-state index contributed by atoms with van der Waals surface area (Å²) in [7, 11) is 0. The van der Waals surface area contributed by atoms with Crippen LogP contribution >= 0.6 is 0 Å². The summed E-state index contributed by atoms with van der Waals surface area (Å²) >= 11 is 0. The van der Waals surface area contributed by atoms with Gasteiger partial charge in [-0.1, -0.05) is 25.0 Å². The van der Waals surface area contributed by atoms with Crippen molar-refractivity contribution in [2.75, 3.05) is 26.4 Å². The third-order valence-electron chi connectivity index (χ3n) is 3.82. The van der Waals surface area contributed by atoms with Crippen LogP contribution in [0.2, 0.25) is 0 Å². The first-order chi connectivity index (χ1) is 10.7. The molecule has 6 heteroatoms. The van der Waals surface area contributed by atoms with Gasteiger partial charge in [-0.25, -0.2) is 4.39 Å². The fourth-order valence-electron chi connectivity index (χ4n) is 2.67. The van der Waals surface area contributed by atoms with E-state index in [0.29, 0.717) is 6.54 Å². The van der Waals surface area contributed by atoms with E-state index < -0.39 is 11.4 Å². The number of carbonyl (C=O) groups is 1. The SMILES string of the molecule is O=C(COc1ccccc1F)NCC1(OCCO)CCCC1. The van der Waals surface area contributed by atoms with Crippen molar-refractivity contribution in [1.82, 2.24) is 5.32 Å². The molecule has 2 N–H and O–H groups in total. The zero-order valence-corrected chi connectivity index (χ0v) is 12.5. The maximum atomic E-state index is 13.4. The molecule has 0 saturated heterocycles. The van der Waals surface area contributed by atoms with Gasteiger partial charge in [-0.05, 0) is 25.0 Å². The Morgan fingerprint density at radius 1 is 1.32 bits per heavy atom. The van der Waals surface area contributed by atoms with E-state index >= 15 is 0 Å². The van der Waals surface area contributed by atoms with Gasteiger partial charge in [0.25, 0.3) is 5.91 Å². The van der Waals surface area contributed by atoms with E-state index in [4.69, 9.17) is 14.6 Å². The molecular formula is C16H22FNO4. The van der Waals surface area contributed by atoms with Gasteiger partial charge in [0.2, 0.25) is 0 Å². The summed E-state index contributed by atoms with van der Waals surface area (Å²) in [5.41, 5.74) is -0.392. The number of ether oxygens (including phenoxy) is 2. The van der Waals surface area contributed by atoms with Crippen LogP contribution in [-0.2, 0) is 9.53 Å².